The Morgan fingerprint density at radius 2 is 1.87 bits per heavy atom. The summed E-state index contributed by atoms with van der Waals surface area (Å²) < 4.78 is 10.3. The van der Waals surface area contributed by atoms with Crippen molar-refractivity contribution in [2.24, 2.45) is 0 Å². The molecule has 122 valence electrons. The summed E-state index contributed by atoms with van der Waals surface area (Å²) in [6, 6.07) is 8.50. The Hall–Kier alpha value is -2.55. The molecule has 0 bridgehead atoms. The average molecular weight is 316 g/mol. The number of rotatable bonds is 5. The molecule has 1 aliphatic rings. The van der Waals surface area contributed by atoms with Crippen molar-refractivity contribution < 1.29 is 19.1 Å². The number of esters is 1. The topological polar surface area (TPSA) is 88.4 Å². The Bertz CT molecular complexity index is 598. The van der Waals surface area contributed by atoms with Crippen LogP contribution in [0, 0.1) is 11.3 Å². The van der Waals surface area contributed by atoms with E-state index in [2.05, 4.69) is 5.32 Å². The molecule has 0 heterocycles. The van der Waals surface area contributed by atoms with E-state index in [1.54, 1.807) is 24.3 Å². The molecule has 23 heavy (non-hydrogen) atoms. The lowest BCUT2D eigenvalue weighted by Crippen LogP contribution is -2.57. The lowest BCUT2D eigenvalue weighted by atomic mass is 9.81. The fraction of sp³-hybridized carbons (Fsp3) is 0.471. The standard InChI is InChI=1S/C17H20N2O4/c1-22-16(21)17(9-3-2-4-10-17)19-15(20)12-23-14-7-5-13(11-18)6-8-14/h5-8H,2-4,9-10,12H2,1H3,(H,19,20). The van der Waals surface area contributed by atoms with Crippen LogP contribution >= 0.6 is 0 Å². The minimum Gasteiger partial charge on any atom is -0.484 e. The molecule has 0 spiro atoms. The van der Waals surface area contributed by atoms with Crippen LogP contribution in [0.3, 0.4) is 0 Å². The van der Waals surface area contributed by atoms with E-state index in [1.807, 2.05) is 6.07 Å². The SMILES string of the molecule is COC(=O)C1(NC(=O)COc2ccc(C#N)cc2)CCCCC1. The highest BCUT2D eigenvalue weighted by Crippen LogP contribution is 2.29. The van der Waals surface area contributed by atoms with Gasteiger partial charge in [-0.25, -0.2) is 4.79 Å². The molecule has 1 aliphatic carbocycles. The molecule has 0 aromatic heterocycles. The molecule has 0 radical (unpaired) electrons. The van der Waals surface area contributed by atoms with E-state index in [-0.39, 0.29) is 12.5 Å². The molecule has 1 N–H and O–H groups in total. The van der Waals surface area contributed by atoms with Crippen molar-refractivity contribution in [2.75, 3.05) is 13.7 Å². The van der Waals surface area contributed by atoms with Crippen molar-refractivity contribution in [3.8, 4) is 11.8 Å². The quantitative estimate of drug-likeness (QED) is 0.839. The summed E-state index contributed by atoms with van der Waals surface area (Å²) in [6.45, 7) is -0.190. The van der Waals surface area contributed by atoms with Gasteiger partial charge >= 0.3 is 5.97 Å². The van der Waals surface area contributed by atoms with Crippen molar-refractivity contribution in [1.29, 1.82) is 5.26 Å². The lowest BCUT2D eigenvalue weighted by Gasteiger charge is -2.35. The number of carbonyl (C=O) groups is 2. The number of ether oxygens (including phenoxy) is 2. The highest BCUT2D eigenvalue weighted by molar-refractivity contribution is 5.88. The van der Waals surface area contributed by atoms with Crippen molar-refractivity contribution >= 4 is 11.9 Å². The van der Waals surface area contributed by atoms with Gasteiger partial charge in [-0.1, -0.05) is 19.3 Å². The summed E-state index contributed by atoms with van der Waals surface area (Å²) in [5, 5.41) is 11.5. The van der Waals surface area contributed by atoms with E-state index in [1.165, 1.54) is 7.11 Å². The highest BCUT2D eigenvalue weighted by Gasteiger charge is 2.41. The number of methoxy groups -OCH3 is 1. The molecular formula is C17H20N2O4. The molecule has 1 fully saturated rings. The molecular weight excluding hydrogens is 296 g/mol. The van der Waals surface area contributed by atoms with Gasteiger partial charge in [0.2, 0.25) is 0 Å². The van der Waals surface area contributed by atoms with Gasteiger partial charge in [-0.3, -0.25) is 4.79 Å². The Morgan fingerprint density at radius 3 is 2.43 bits per heavy atom. The maximum Gasteiger partial charge on any atom is 0.331 e. The molecule has 1 amide bonds. The third-order valence-electron chi connectivity index (χ3n) is 4.02. The Balaban J connectivity index is 1.93. The second-order valence-electron chi connectivity index (χ2n) is 5.61. The largest absolute Gasteiger partial charge is 0.484 e. The van der Waals surface area contributed by atoms with Gasteiger partial charge in [0, 0.05) is 0 Å². The van der Waals surface area contributed by atoms with E-state index < -0.39 is 11.5 Å². The minimum atomic E-state index is -0.932. The van der Waals surface area contributed by atoms with Crippen LogP contribution in [-0.4, -0.2) is 31.1 Å². The Labute approximate surface area is 135 Å². The van der Waals surface area contributed by atoms with E-state index in [9.17, 15) is 9.59 Å². The van der Waals surface area contributed by atoms with E-state index >= 15 is 0 Å². The monoisotopic (exact) mass is 316 g/mol. The fourth-order valence-corrected chi connectivity index (χ4v) is 2.81. The van der Waals surface area contributed by atoms with Crippen LogP contribution in [0.2, 0.25) is 0 Å². The number of nitriles is 1. The van der Waals surface area contributed by atoms with Gasteiger partial charge < -0.3 is 14.8 Å². The van der Waals surface area contributed by atoms with Crippen LogP contribution in [0.1, 0.15) is 37.7 Å². The summed E-state index contributed by atoms with van der Waals surface area (Å²) in [4.78, 5) is 24.2. The van der Waals surface area contributed by atoms with Gasteiger partial charge in [-0.15, -0.1) is 0 Å². The number of hydrogen-bond donors (Lipinski definition) is 1. The van der Waals surface area contributed by atoms with Crippen LogP contribution in [0.15, 0.2) is 24.3 Å². The number of nitrogens with zero attached hydrogens (tertiary/aromatic N) is 1. The van der Waals surface area contributed by atoms with Gasteiger partial charge in [0.05, 0.1) is 18.7 Å². The normalized spacial score (nSPS) is 16.0. The fourth-order valence-electron chi connectivity index (χ4n) is 2.81. The number of amides is 1. The van der Waals surface area contributed by atoms with E-state index in [4.69, 9.17) is 14.7 Å². The summed E-state index contributed by atoms with van der Waals surface area (Å²) in [6.07, 6.45) is 3.98. The number of hydrogen-bond acceptors (Lipinski definition) is 5. The van der Waals surface area contributed by atoms with Crippen LogP contribution < -0.4 is 10.1 Å². The van der Waals surface area contributed by atoms with E-state index in [0.29, 0.717) is 24.2 Å². The van der Waals surface area contributed by atoms with Gasteiger partial charge in [-0.05, 0) is 37.1 Å². The first-order valence-electron chi connectivity index (χ1n) is 7.62. The third kappa shape index (κ3) is 4.22. The van der Waals surface area contributed by atoms with E-state index in [0.717, 1.165) is 19.3 Å². The van der Waals surface area contributed by atoms with Gasteiger partial charge in [0.25, 0.3) is 5.91 Å². The van der Waals surface area contributed by atoms with Gasteiger partial charge in [0.15, 0.2) is 6.61 Å². The molecule has 6 nitrogen and oxygen atoms in total. The molecule has 0 aliphatic heterocycles. The van der Waals surface area contributed by atoms with Crippen LogP contribution in [0.25, 0.3) is 0 Å². The minimum absolute atomic E-state index is 0.190. The molecule has 1 aromatic carbocycles. The first-order chi connectivity index (χ1) is 11.1. The Morgan fingerprint density at radius 1 is 1.22 bits per heavy atom. The first kappa shape index (κ1) is 16.8. The smallest absolute Gasteiger partial charge is 0.331 e. The lowest BCUT2D eigenvalue weighted by molar-refractivity contribution is -0.152. The number of carbonyl (C=O) groups excluding carboxylic acids is 2. The van der Waals surface area contributed by atoms with Crippen molar-refractivity contribution in [1.82, 2.24) is 5.32 Å². The summed E-state index contributed by atoms with van der Waals surface area (Å²) in [7, 11) is 1.33. The van der Waals surface area contributed by atoms with Crippen LogP contribution in [0.4, 0.5) is 0 Å². The summed E-state index contributed by atoms with van der Waals surface area (Å²) in [5.41, 5.74) is -0.411. The van der Waals surface area contributed by atoms with Crippen molar-refractivity contribution in [3.63, 3.8) is 0 Å². The van der Waals surface area contributed by atoms with Crippen LogP contribution in [0.5, 0.6) is 5.75 Å². The zero-order chi connectivity index (χ0) is 16.7. The molecule has 1 aromatic rings. The molecule has 1 saturated carbocycles. The van der Waals surface area contributed by atoms with Gasteiger partial charge in [0.1, 0.15) is 11.3 Å². The third-order valence-corrected chi connectivity index (χ3v) is 4.02. The molecule has 2 rings (SSSR count). The molecule has 0 unspecified atom stereocenters. The zero-order valence-corrected chi connectivity index (χ0v) is 13.1. The second-order valence-corrected chi connectivity index (χ2v) is 5.61. The number of nitrogens with one attached hydrogen (secondary N) is 1. The van der Waals surface area contributed by atoms with Crippen molar-refractivity contribution in [2.45, 2.75) is 37.6 Å². The summed E-state index contributed by atoms with van der Waals surface area (Å²) in [5.74, 6) is -0.263. The van der Waals surface area contributed by atoms with Crippen LogP contribution in [-0.2, 0) is 14.3 Å². The summed E-state index contributed by atoms with van der Waals surface area (Å²) >= 11 is 0. The van der Waals surface area contributed by atoms with Gasteiger partial charge in [-0.2, -0.15) is 5.26 Å². The average Bonchev–Trinajstić information content (AvgIpc) is 2.60. The predicted octanol–water partition coefficient (Wildman–Crippen LogP) is 1.93. The molecule has 6 heteroatoms. The second kappa shape index (κ2) is 7.63. The maximum atomic E-state index is 12.1. The molecule has 0 saturated heterocycles. The highest BCUT2D eigenvalue weighted by atomic mass is 16.5. The molecule has 0 atom stereocenters. The predicted molar refractivity (Wildman–Crippen MR) is 82.6 cm³/mol. The van der Waals surface area contributed by atoms with Crippen molar-refractivity contribution in [3.05, 3.63) is 29.8 Å². The first-order valence-corrected chi connectivity index (χ1v) is 7.62. The number of benzene rings is 1. The maximum absolute atomic E-state index is 12.1. The zero-order valence-electron chi connectivity index (χ0n) is 13.1. The Kier molecular flexibility index (Phi) is 5.58.